The Kier molecular flexibility index (Phi) is 5.69. The number of hydrogen-bond donors (Lipinski definition) is 1. The second-order valence-electron chi connectivity index (χ2n) is 4.92. The van der Waals surface area contributed by atoms with Crippen LogP contribution in [0.2, 0.25) is 0 Å². The van der Waals surface area contributed by atoms with Crippen LogP contribution in [0, 0.1) is 11.7 Å². The van der Waals surface area contributed by atoms with Crippen molar-refractivity contribution in [2.24, 2.45) is 11.7 Å². The molecule has 18 heavy (non-hydrogen) atoms. The van der Waals surface area contributed by atoms with Gasteiger partial charge in [0.25, 0.3) is 0 Å². The molecule has 2 N–H and O–H groups in total. The van der Waals surface area contributed by atoms with Crippen LogP contribution in [0.15, 0.2) is 18.2 Å². The second-order valence-corrected chi connectivity index (χ2v) is 5.36. The molecule has 1 aromatic carbocycles. The molecule has 0 radical (unpaired) electrons. The van der Waals surface area contributed by atoms with Crippen LogP contribution in [0.3, 0.4) is 0 Å². The Bertz CT molecular complexity index is 420. The van der Waals surface area contributed by atoms with Crippen molar-refractivity contribution >= 4 is 17.2 Å². The number of thiocarbonyl (C=S) groups is 1. The van der Waals surface area contributed by atoms with E-state index in [0.29, 0.717) is 18.1 Å². The normalized spacial score (nSPS) is 12.7. The van der Waals surface area contributed by atoms with Crippen LogP contribution in [0.4, 0.5) is 4.39 Å². The summed E-state index contributed by atoms with van der Waals surface area (Å²) in [4.78, 5) is 0.199. The number of rotatable bonds is 6. The molecule has 1 aromatic rings. The molecular formula is C14H20FNOS. The highest BCUT2D eigenvalue weighted by molar-refractivity contribution is 7.80. The number of halogens is 1. The van der Waals surface area contributed by atoms with Gasteiger partial charge in [-0.2, -0.15) is 0 Å². The zero-order chi connectivity index (χ0) is 13.7. The van der Waals surface area contributed by atoms with Crippen molar-refractivity contribution in [2.45, 2.75) is 39.9 Å². The van der Waals surface area contributed by atoms with Crippen LogP contribution < -0.4 is 5.73 Å². The van der Waals surface area contributed by atoms with Gasteiger partial charge in [-0.15, -0.1) is 0 Å². The Hall–Kier alpha value is -1.00. The van der Waals surface area contributed by atoms with E-state index in [1.807, 2.05) is 6.92 Å². The van der Waals surface area contributed by atoms with Crippen molar-refractivity contribution < 1.29 is 9.13 Å². The third kappa shape index (κ3) is 4.70. The third-order valence-corrected chi connectivity index (χ3v) is 2.88. The first-order valence-electron chi connectivity index (χ1n) is 6.10. The monoisotopic (exact) mass is 269 g/mol. The van der Waals surface area contributed by atoms with E-state index in [4.69, 9.17) is 22.7 Å². The topological polar surface area (TPSA) is 35.2 Å². The highest BCUT2D eigenvalue weighted by atomic mass is 32.1. The van der Waals surface area contributed by atoms with Gasteiger partial charge in [0.15, 0.2) is 0 Å². The van der Waals surface area contributed by atoms with Gasteiger partial charge in [0, 0.05) is 5.56 Å². The lowest BCUT2D eigenvalue weighted by atomic mass is 10.1. The maximum Gasteiger partial charge on any atom is 0.123 e. The molecule has 0 aliphatic carbocycles. The largest absolute Gasteiger partial charge is 0.389 e. The summed E-state index contributed by atoms with van der Waals surface area (Å²) in [5.74, 6) is 0.250. The summed E-state index contributed by atoms with van der Waals surface area (Å²) in [5, 5.41) is 0. The summed E-state index contributed by atoms with van der Waals surface area (Å²) in [6.07, 6.45) is 1.15. The first-order chi connectivity index (χ1) is 8.40. The molecule has 0 saturated carbocycles. The molecule has 0 fully saturated rings. The molecule has 0 spiro atoms. The summed E-state index contributed by atoms with van der Waals surface area (Å²) >= 11 is 4.91. The molecule has 100 valence electrons. The van der Waals surface area contributed by atoms with E-state index in [1.54, 1.807) is 6.07 Å². The van der Waals surface area contributed by atoms with E-state index >= 15 is 0 Å². The van der Waals surface area contributed by atoms with Crippen LogP contribution in [-0.2, 0) is 11.3 Å². The summed E-state index contributed by atoms with van der Waals surface area (Å²) < 4.78 is 18.9. The molecule has 1 atom stereocenters. The lowest BCUT2D eigenvalue weighted by Crippen LogP contribution is -2.16. The highest BCUT2D eigenvalue weighted by Gasteiger charge is 2.10. The minimum atomic E-state index is -0.336. The third-order valence-electron chi connectivity index (χ3n) is 2.66. The molecule has 0 bridgehead atoms. The van der Waals surface area contributed by atoms with E-state index in [1.165, 1.54) is 12.1 Å². The lowest BCUT2D eigenvalue weighted by Gasteiger charge is -2.16. The Morgan fingerprint density at radius 2 is 2.06 bits per heavy atom. The van der Waals surface area contributed by atoms with Gasteiger partial charge in [-0.3, -0.25) is 0 Å². The van der Waals surface area contributed by atoms with Crippen molar-refractivity contribution in [3.05, 3.63) is 35.1 Å². The zero-order valence-corrected chi connectivity index (χ0v) is 11.9. The summed E-state index contributed by atoms with van der Waals surface area (Å²) in [5.41, 5.74) is 6.97. The highest BCUT2D eigenvalue weighted by Crippen LogP contribution is 2.15. The van der Waals surface area contributed by atoms with Gasteiger partial charge in [0.2, 0.25) is 0 Å². The summed E-state index contributed by atoms with van der Waals surface area (Å²) in [6.45, 7) is 6.74. The van der Waals surface area contributed by atoms with Gasteiger partial charge >= 0.3 is 0 Å². The van der Waals surface area contributed by atoms with Crippen LogP contribution in [0.5, 0.6) is 0 Å². The molecule has 4 heteroatoms. The van der Waals surface area contributed by atoms with Crippen LogP contribution >= 0.6 is 12.2 Å². The first-order valence-corrected chi connectivity index (χ1v) is 6.50. The second kappa shape index (κ2) is 6.81. The fourth-order valence-electron chi connectivity index (χ4n) is 1.87. The number of benzene rings is 1. The first kappa shape index (κ1) is 15.1. The van der Waals surface area contributed by atoms with Crippen LogP contribution in [-0.4, -0.2) is 11.1 Å². The van der Waals surface area contributed by atoms with Crippen molar-refractivity contribution in [3.63, 3.8) is 0 Å². The van der Waals surface area contributed by atoms with Gasteiger partial charge < -0.3 is 10.5 Å². The van der Waals surface area contributed by atoms with Gasteiger partial charge in [0.05, 0.1) is 12.7 Å². The van der Waals surface area contributed by atoms with Crippen molar-refractivity contribution in [3.8, 4) is 0 Å². The van der Waals surface area contributed by atoms with Crippen molar-refractivity contribution in [1.29, 1.82) is 0 Å². The zero-order valence-electron chi connectivity index (χ0n) is 11.1. The Balaban J connectivity index is 2.70. The summed E-state index contributed by atoms with van der Waals surface area (Å²) in [6, 6.07) is 4.42. The average molecular weight is 269 g/mol. The van der Waals surface area contributed by atoms with Crippen molar-refractivity contribution in [2.75, 3.05) is 0 Å². The Labute approximate surface area is 113 Å². The minimum Gasteiger partial charge on any atom is -0.389 e. The Morgan fingerprint density at radius 3 is 2.61 bits per heavy atom. The molecule has 0 aliphatic heterocycles. The lowest BCUT2D eigenvalue weighted by molar-refractivity contribution is 0.0396. The molecular weight excluding hydrogens is 249 g/mol. The molecule has 1 unspecified atom stereocenters. The molecule has 0 aliphatic rings. The van der Waals surface area contributed by atoms with E-state index in [-0.39, 0.29) is 16.9 Å². The van der Waals surface area contributed by atoms with Crippen LogP contribution in [0.1, 0.15) is 38.3 Å². The molecule has 0 heterocycles. The average Bonchev–Trinajstić information content (AvgIpc) is 2.26. The van der Waals surface area contributed by atoms with E-state index in [0.717, 1.165) is 12.0 Å². The fourth-order valence-corrected chi connectivity index (χ4v) is 2.06. The molecule has 0 aromatic heterocycles. The molecule has 1 rings (SSSR count). The van der Waals surface area contributed by atoms with E-state index in [9.17, 15) is 4.39 Å². The number of hydrogen-bond acceptors (Lipinski definition) is 2. The maximum atomic E-state index is 13.1. The SMILES string of the molecule is CC(C)CC(C)OCc1ccc(F)cc1C(N)=S. The fraction of sp³-hybridized carbons (Fsp3) is 0.500. The van der Waals surface area contributed by atoms with Crippen molar-refractivity contribution in [1.82, 2.24) is 0 Å². The predicted octanol–water partition coefficient (Wildman–Crippen LogP) is 3.41. The number of ether oxygens (including phenoxy) is 1. The molecule has 0 amide bonds. The quantitative estimate of drug-likeness (QED) is 0.804. The number of nitrogens with two attached hydrogens (primary N) is 1. The van der Waals surface area contributed by atoms with E-state index in [2.05, 4.69) is 13.8 Å². The van der Waals surface area contributed by atoms with Gasteiger partial charge in [-0.05, 0) is 37.0 Å². The van der Waals surface area contributed by atoms with Gasteiger partial charge in [0.1, 0.15) is 10.8 Å². The minimum absolute atomic E-state index is 0.161. The molecule has 0 saturated heterocycles. The smallest absolute Gasteiger partial charge is 0.123 e. The molecule has 2 nitrogen and oxygen atoms in total. The van der Waals surface area contributed by atoms with E-state index < -0.39 is 0 Å². The Morgan fingerprint density at radius 1 is 1.39 bits per heavy atom. The standard InChI is InChI=1S/C14H20FNOS/c1-9(2)6-10(3)17-8-11-4-5-12(15)7-13(11)14(16)18/h4-5,7,9-10H,6,8H2,1-3H3,(H2,16,18). The van der Waals surface area contributed by atoms with Gasteiger partial charge in [-0.25, -0.2) is 4.39 Å². The predicted molar refractivity (Wildman–Crippen MR) is 76.0 cm³/mol. The maximum absolute atomic E-state index is 13.1. The van der Waals surface area contributed by atoms with Crippen LogP contribution in [0.25, 0.3) is 0 Å². The summed E-state index contributed by atoms with van der Waals surface area (Å²) in [7, 11) is 0. The van der Waals surface area contributed by atoms with Gasteiger partial charge in [-0.1, -0.05) is 32.1 Å².